The van der Waals surface area contributed by atoms with Gasteiger partial charge in [-0.15, -0.1) is 0 Å². The van der Waals surface area contributed by atoms with E-state index in [0.29, 0.717) is 23.5 Å². The molecule has 3 heteroatoms. The molecule has 3 aliphatic rings. The minimum atomic E-state index is -0.565. The molecule has 2 saturated carbocycles. The largest absolute Gasteiger partial charge is 0.508 e. The van der Waals surface area contributed by atoms with Gasteiger partial charge in [0.25, 0.3) is 0 Å². The number of phenols is 1. The van der Waals surface area contributed by atoms with Gasteiger partial charge in [0.05, 0.1) is 12.2 Å². The van der Waals surface area contributed by atoms with E-state index >= 15 is 0 Å². The maximum absolute atomic E-state index is 10.4. The summed E-state index contributed by atoms with van der Waals surface area (Å²) in [7, 11) is 0. The standard InChI is InChI=1S/C18H24O3/c1-18-7-6-13-12-5-3-11(19)8-10(12)2-4-14(13)15(18)9-16(20)17(18)21/h3,5,8,13-17,19-21H,2,4,6-7,9H2,1H3/t13-,14-,15-,16+,17-,18+/m0/s1. The number of phenolic OH excluding ortho intramolecular Hbond substituents is 1. The second-order valence-corrected chi connectivity index (χ2v) is 7.59. The van der Waals surface area contributed by atoms with Crippen LogP contribution in [0, 0.1) is 17.3 Å². The summed E-state index contributed by atoms with van der Waals surface area (Å²) in [6.45, 7) is 2.17. The smallest absolute Gasteiger partial charge is 0.115 e. The molecular weight excluding hydrogens is 264 g/mol. The number of aryl methyl sites for hydroxylation is 1. The van der Waals surface area contributed by atoms with Gasteiger partial charge in [-0.25, -0.2) is 0 Å². The van der Waals surface area contributed by atoms with Gasteiger partial charge in [0, 0.05) is 0 Å². The van der Waals surface area contributed by atoms with Crippen LogP contribution < -0.4 is 0 Å². The van der Waals surface area contributed by atoms with Gasteiger partial charge in [-0.2, -0.15) is 0 Å². The van der Waals surface area contributed by atoms with E-state index in [1.807, 2.05) is 6.07 Å². The molecule has 0 spiro atoms. The predicted molar refractivity (Wildman–Crippen MR) is 80.1 cm³/mol. The van der Waals surface area contributed by atoms with Crippen molar-refractivity contribution in [2.24, 2.45) is 17.3 Å². The molecule has 0 aliphatic heterocycles. The Morgan fingerprint density at radius 3 is 2.81 bits per heavy atom. The third-order valence-corrected chi connectivity index (χ3v) is 6.68. The van der Waals surface area contributed by atoms with Gasteiger partial charge < -0.3 is 15.3 Å². The van der Waals surface area contributed by atoms with E-state index < -0.39 is 12.2 Å². The van der Waals surface area contributed by atoms with Crippen LogP contribution >= 0.6 is 0 Å². The van der Waals surface area contributed by atoms with E-state index in [1.54, 1.807) is 6.07 Å². The van der Waals surface area contributed by atoms with Crippen LogP contribution in [0.5, 0.6) is 5.75 Å². The van der Waals surface area contributed by atoms with Gasteiger partial charge in [0.1, 0.15) is 5.75 Å². The Morgan fingerprint density at radius 2 is 2.00 bits per heavy atom. The molecule has 6 atom stereocenters. The molecule has 21 heavy (non-hydrogen) atoms. The van der Waals surface area contributed by atoms with Crippen LogP contribution in [-0.2, 0) is 6.42 Å². The van der Waals surface area contributed by atoms with Crippen molar-refractivity contribution in [1.29, 1.82) is 0 Å². The SMILES string of the molecule is C[C@@]12CC[C@H]3c4ccc(O)cc4CC[C@@H]3[C@@H]1C[C@@H](O)[C@@H]2O. The molecule has 3 aliphatic carbocycles. The second-order valence-electron chi connectivity index (χ2n) is 7.59. The van der Waals surface area contributed by atoms with E-state index in [2.05, 4.69) is 13.0 Å². The highest BCUT2D eigenvalue weighted by atomic mass is 16.3. The first-order chi connectivity index (χ1) is 10.0. The topological polar surface area (TPSA) is 60.7 Å². The van der Waals surface area contributed by atoms with Crippen molar-refractivity contribution in [3.63, 3.8) is 0 Å². The summed E-state index contributed by atoms with van der Waals surface area (Å²) in [5.41, 5.74) is 2.57. The molecule has 0 aromatic heterocycles. The summed E-state index contributed by atoms with van der Waals surface area (Å²) in [6, 6.07) is 5.80. The fraction of sp³-hybridized carbons (Fsp3) is 0.667. The van der Waals surface area contributed by atoms with Gasteiger partial charge in [-0.05, 0) is 78.5 Å². The van der Waals surface area contributed by atoms with Crippen molar-refractivity contribution >= 4 is 0 Å². The number of aromatic hydroxyl groups is 1. The zero-order valence-electron chi connectivity index (χ0n) is 12.5. The summed E-state index contributed by atoms with van der Waals surface area (Å²) >= 11 is 0. The van der Waals surface area contributed by atoms with Crippen LogP contribution in [-0.4, -0.2) is 27.5 Å². The molecule has 4 rings (SSSR count). The van der Waals surface area contributed by atoms with E-state index in [0.717, 1.165) is 32.1 Å². The zero-order chi connectivity index (χ0) is 14.8. The number of rotatable bonds is 0. The number of aliphatic hydroxyl groups is 2. The summed E-state index contributed by atoms with van der Waals surface area (Å²) in [4.78, 5) is 0. The highest BCUT2D eigenvalue weighted by Crippen LogP contribution is 2.60. The van der Waals surface area contributed by atoms with Crippen molar-refractivity contribution in [2.75, 3.05) is 0 Å². The number of aliphatic hydroxyl groups excluding tert-OH is 2. The summed E-state index contributed by atoms with van der Waals surface area (Å²) in [6.07, 6.45) is 3.80. The Balaban J connectivity index is 1.71. The molecule has 0 bridgehead atoms. The fourth-order valence-electron chi connectivity index (χ4n) is 5.56. The molecule has 2 fully saturated rings. The van der Waals surface area contributed by atoms with E-state index in [-0.39, 0.29) is 5.41 Å². The first kappa shape index (κ1) is 13.6. The van der Waals surface area contributed by atoms with Crippen LogP contribution in [0.4, 0.5) is 0 Å². The zero-order valence-corrected chi connectivity index (χ0v) is 12.5. The molecule has 1 aromatic carbocycles. The average Bonchev–Trinajstić information content (AvgIpc) is 2.70. The van der Waals surface area contributed by atoms with Crippen LogP contribution in [0.3, 0.4) is 0 Å². The monoisotopic (exact) mass is 288 g/mol. The third-order valence-electron chi connectivity index (χ3n) is 6.68. The van der Waals surface area contributed by atoms with Crippen LogP contribution in [0.2, 0.25) is 0 Å². The number of hydrogen-bond acceptors (Lipinski definition) is 3. The van der Waals surface area contributed by atoms with Gasteiger partial charge in [-0.1, -0.05) is 13.0 Å². The van der Waals surface area contributed by atoms with E-state index in [9.17, 15) is 15.3 Å². The number of benzene rings is 1. The lowest BCUT2D eigenvalue weighted by Gasteiger charge is -2.49. The third kappa shape index (κ3) is 1.80. The maximum Gasteiger partial charge on any atom is 0.115 e. The molecule has 0 amide bonds. The van der Waals surface area contributed by atoms with Crippen molar-refractivity contribution in [2.45, 2.75) is 57.2 Å². The lowest BCUT2D eigenvalue weighted by atomic mass is 9.55. The summed E-state index contributed by atoms with van der Waals surface area (Å²) < 4.78 is 0. The first-order valence-electron chi connectivity index (χ1n) is 8.18. The normalized spacial score (nSPS) is 44.8. The number of fused-ring (bicyclic) bond motifs is 5. The van der Waals surface area contributed by atoms with Crippen LogP contribution in [0.1, 0.15) is 49.7 Å². The molecule has 0 unspecified atom stereocenters. The van der Waals surface area contributed by atoms with Crippen molar-refractivity contribution < 1.29 is 15.3 Å². The van der Waals surface area contributed by atoms with E-state index in [1.165, 1.54) is 11.1 Å². The molecule has 0 radical (unpaired) electrons. The minimum absolute atomic E-state index is 0.116. The summed E-state index contributed by atoms with van der Waals surface area (Å²) in [5, 5.41) is 30.2. The van der Waals surface area contributed by atoms with Gasteiger partial charge >= 0.3 is 0 Å². The van der Waals surface area contributed by atoms with Gasteiger partial charge in [-0.3, -0.25) is 0 Å². The molecular formula is C18H24O3. The molecule has 1 aromatic rings. The number of hydrogen-bond donors (Lipinski definition) is 3. The summed E-state index contributed by atoms with van der Waals surface area (Å²) in [5.74, 6) is 1.88. The molecule has 3 nitrogen and oxygen atoms in total. The molecule has 0 saturated heterocycles. The van der Waals surface area contributed by atoms with Crippen molar-refractivity contribution in [3.8, 4) is 5.75 Å². The van der Waals surface area contributed by atoms with Gasteiger partial charge in [0.15, 0.2) is 0 Å². The lowest BCUT2D eigenvalue weighted by Crippen LogP contribution is -2.44. The Labute approximate surface area is 125 Å². The van der Waals surface area contributed by atoms with Crippen LogP contribution in [0.15, 0.2) is 18.2 Å². The van der Waals surface area contributed by atoms with Gasteiger partial charge in [0.2, 0.25) is 0 Å². The Kier molecular flexibility index (Phi) is 2.89. The molecule has 0 heterocycles. The predicted octanol–water partition coefficient (Wildman–Crippen LogP) is 2.58. The van der Waals surface area contributed by atoms with Crippen LogP contribution in [0.25, 0.3) is 0 Å². The average molecular weight is 288 g/mol. The Bertz CT molecular complexity index is 570. The minimum Gasteiger partial charge on any atom is -0.508 e. The highest BCUT2D eigenvalue weighted by Gasteiger charge is 2.57. The second kappa shape index (κ2) is 4.47. The maximum atomic E-state index is 10.4. The first-order valence-corrected chi connectivity index (χ1v) is 8.18. The fourth-order valence-corrected chi connectivity index (χ4v) is 5.56. The van der Waals surface area contributed by atoms with Crippen molar-refractivity contribution in [1.82, 2.24) is 0 Å². The lowest BCUT2D eigenvalue weighted by molar-refractivity contribution is -0.0505. The van der Waals surface area contributed by atoms with E-state index in [4.69, 9.17) is 0 Å². The quantitative estimate of drug-likeness (QED) is 0.687. The Morgan fingerprint density at radius 1 is 1.19 bits per heavy atom. The molecule has 3 N–H and O–H groups in total. The Hall–Kier alpha value is -1.06. The van der Waals surface area contributed by atoms with Crippen molar-refractivity contribution in [3.05, 3.63) is 29.3 Å². The molecule has 114 valence electrons. The highest BCUT2D eigenvalue weighted by molar-refractivity contribution is 5.40.